The maximum absolute atomic E-state index is 12.2. The van der Waals surface area contributed by atoms with Gasteiger partial charge in [-0.05, 0) is 38.5 Å². The van der Waals surface area contributed by atoms with Crippen molar-refractivity contribution in [3.8, 4) is 0 Å². The minimum atomic E-state index is -4.34. The molecule has 210 valence electrons. The van der Waals surface area contributed by atoms with E-state index in [4.69, 9.17) is 19.7 Å². The van der Waals surface area contributed by atoms with Crippen LogP contribution < -0.4 is 5.73 Å². The van der Waals surface area contributed by atoms with Crippen molar-refractivity contribution in [1.29, 1.82) is 0 Å². The van der Waals surface area contributed by atoms with Crippen LogP contribution in [0.2, 0.25) is 0 Å². The lowest BCUT2D eigenvalue weighted by Crippen LogP contribution is -2.29. The number of nitrogens with two attached hydrogens (primary N) is 1. The predicted molar refractivity (Wildman–Crippen MR) is 141 cm³/mol. The zero-order chi connectivity index (χ0) is 26.9. The summed E-state index contributed by atoms with van der Waals surface area (Å²) in [6.07, 6.45) is 19.5. The van der Waals surface area contributed by atoms with E-state index in [0.717, 1.165) is 44.9 Å². The number of phosphoric acid groups is 1. The fourth-order valence-corrected chi connectivity index (χ4v) is 3.86. The molecule has 0 bridgehead atoms. The molecule has 3 N–H and O–H groups in total. The zero-order valence-electron chi connectivity index (χ0n) is 22.2. The van der Waals surface area contributed by atoms with Crippen LogP contribution in [-0.4, -0.2) is 49.3 Å². The number of hydrogen-bond donors (Lipinski definition) is 2. The Morgan fingerprint density at radius 1 is 0.833 bits per heavy atom. The maximum atomic E-state index is 12.2. The second kappa shape index (κ2) is 23.9. The van der Waals surface area contributed by atoms with Gasteiger partial charge in [-0.15, -0.1) is 0 Å². The van der Waals surface area contributed by atoms with Gasteiger partial charge in [0, 0.05) is 19.4 Å². The first-order valence-corrected chi connectivity index (χ1v) is 14.8. The lowest BCUT2D eigenvalue weighted by molar-refractivity contribution is -0.161. The summed E-state index contributed by atoms with van der Waals surface area (Å²) in [7, 11) is -4.34. The number of carbonyl (C=O) groups is 2. The monoisotopic (exact) mass is 533 g/mol. The Bertz CT molecular complexity index is 668. The van der Waals surface area contributed by atoms with E-state index in [1.54, 1.807) is 0 Å². The van der Waals surface area contributed by atoms with E-state index in [1.807, 2.05) is 6.92 Å². The van der Waals surface area contributed by atoms with Crippen molar-refractivity contribution in [2.45, 2.75) is 103 Å². The molecule has 2 unspecified atom stereocenters. The molecule has 0 spiro atoms. The van der Waals surface area contributed by atoms with Gasteiger partial charge in [-0.3, -0.25) is 18.6 Å². The molecule has 0 aromatic rings. The van der Waals surface area contributed by atoms with Crippen molar-refractivity contribution < 1.29 is 37.6 Å². The number of hydrogen-bond acceptors (Lipinski definition) is 8. The minimum Gasteiger partial charge on any atom is -0.462 e. The van der Waals surface area contributed by atoms with E-state index < -0.39 is 32.5 Å². The second-order valence-corrected chi connectivity index (χ2v) is 10.0. The summed E-state index contributed by atoms with van der Waals surface area (Å²) < 4.78 is 31.8. The molecule has 0 aromatic heterocycles. The van der Waals surface area contributed by atoms with Gasteiger partial charge in [-0.1, -0.05) is 70.3 Å². The molecule has 0 heterocycles. The van der Waals surface area contributed by atoms with Gasteiger partial charge in [-0.2, -0.15) is 0 Å². The first-order valence-electron chi connectivity index (χ1n) is 13.3. The van der Waals surface area contributed by atoms with Gasteiger partial charge in [0.2, 0.25) is 0 Å². The number of phosphoric ester groups is 1. The van der Waals surface area contributed by atoms with Crippen molar-refractivity contribution in [3.63, 3.8) is 0 Å². The smallest absolute Gasteiger partial charge is 0.462 e. The normalized spacial score (nSPS) is 14.2. The molecular formula is C26H48NO8P. The Balaban J connectivity index is 4.16. The Kier molecular flexibility index (Phi) is 22.9. The van der Waals surface area contributed by atoms with Gasteiger partial charge in [0.15, 0.2) is 6.10 Å². The zero-order valence-corrected chi connectivity index (χ0v) is 23.1. The van der Waals surface area contributed by atoms with Gasteiger partial charge in [-0.25, -0.2) is 4.57 Å². The number of esters is 2. The Hall–Kier alpha value is -1.51. The number of carbonyl (C=O) groups excluding carboxylic acids is 2. The molecule has 0 aliphatic heterocycles. The summed E-state index contributed by atoms with van der Waals surface area (Å²) in [6.45, 7) is 3.23. The molecule has 0 saturated carbocycles. The third-order valence-corrected chi connectivity index (χ3v) is 6.04. The van der Waals surface area contributed by atoms with Crippen LogP contribution in [0, 0.1) is 0 Å². The quantitative estimate of drug-likeness (QED) is 0.0687. The summed E-state index contributed by atoms with van der Waals surface area (Å²) >= 11 is 0. The molecule has 2 atom stereocenters. The second-order valence-electron chi connectivity index (χ2n) is 8.56. The molecule has 0 aliphatic rings. The van der Waals surface area contributed by atoms with Crippen LogP contribution in [0.25, 0.3) is 0 Å². The van der Waals surface area contributed by atoms with Gasteiger partial charge in [0.05, 0.1) is 13.2 Å². The predicted octanol–water partition coefficient (Wildman–Crippen LogP) is 5.76. The molecule has 0 rings (SSSR count). The fourth-order valence-electron chi connectivity index (χ4n) is 3.10. The van der Waals surface area contributed by atoms with Crippen LogP contribution >= 0.6 is 7.82 Å². The van der Waals surface area contributed by atoms with Crippen LogP contribution in [-0.2, 0) is 32.7 Å². The standard InChI is InChI=1S/C26H48NO8P/c1-3-5-6-7-8-9-10-11-12-13-14-15-16-17-19-26(29)35-24(22-32-25(28)18-4-2)23-34-36(30,31)33-21-20-27/h7-8,10-11,24H,3-6,9,12-23,27H2,1-2H3,(H,30,31)/b8-7-,11-10-. The van der Waals surface area contributed by atoms with Gasteiger partial charge < -0.3 is 20.1 Å². The third kappa shape index (κ3) is 22.9. The Morgan fingerprint density at radius 2 is 1.50 bits per heavy atom. The van der Waals surface area contributed by atoms with Crippen molar-refractivity contribution in [1.82, 2.24) is 0 Å². The summed E-state index contributed by atoms with van der Waals surface area (Å²) in [5, 5.41) is 0. The van der Waals surface area contributed by atoms with Crippen LogP contribution in [0.5, 0.6) is 0 Å². The average Bonchev–Trinajstić information content (AvgIpc) is 2.85. The van der Waals surface area contributed by atoms with Gasteiger partial charge in [0.1, 0.15) is 6.61 Å². The number of ether oxygens (including phenoxy) is 2. The highest BCUT2D eigenvalue weighted by Gasteiger charge is 2.25. The van der Waals surface area contributed by atoms with Crippen LogP contribution in [0.15, 0.2) is 24.3 Å². The SMILES string of the molecule is CCCC/C=C\C/C=C\CCCCCCCC(=O)OC(COC(=O)CCC)COP(=O)(O)OCCN. The van der Waals surface area contributed by atoms with E-state index in [9.17, 15) is 19.0 Å². The first kappa shape index (κ1) is 34.5. The lowest BCUT2D eigenvalue weighted by Gasteiger charge is -2.19. The highest BCUT2D eigenvalue weighted by atomic mass is 31.2. The molecule has 0 aromatic carbocycles. The largest absolute Gasteiger partial charge is 0.472 e. The molecule has 0 saturated heterocycles. The Morgan fingerprint density at radius 3 is 2.17 bits per heavy atom. The Labute approximate surface area is 217 Å². The van der Waals surface area contributed by atoms with Crippen molar-refractivity contribution >= 4 is 19.8 Å². The molecule has 0 radical (unpaired) electrons. The fraction of sp³-hybridized carbons (Fsp3) is 0.769. The average molecular weight is 534 g/mol. The van der Waals surface area contributed by atoms with E-state index >= 15 is 0 Å². The first-order chi connectivity index (χ1) is 17.3. The summed E-state index contributed by atoms with van der Waals surface area (Å²) in [5.74, 6) is -0.913. The topological polar surface area (TPSA) is 134 Å². The molecule has 0 amide bonds. The highest BCUT2D eigenvalue weighted by Crippen LogP contribution is 2.43. The molecule has 0 fully saturated rings. The van der Waals surface area contributed by atoms with Gasteiger partial charge >= 0.3 is 19.8 Å². The maximum Gasteiger partial charge on any atom is 0.472 e. The van der Waals surface area contributed by atoms with E-state index in [1.165, 1.54) is 12.8 Å². The molecule has 10 heteroatoms. The van der Waals surface area contributed by atoms with E-state index in [-0.39, 0.29) is 32.6 Å². The van der Waals surface area contributed by atoms with Crippen molar-refractivity contribution in [2.75, 3.05) is 26.4 Å². The van der Waals surface area contributed by atoms with Crippen LogP contribution in [0.1, 0.15) is 97.3 Å². The molecular weight excluding hydrogens is 485 g/mol. The minimum absolute atomic E-state index is 0.0500. The van der Waals surface area contributed by atoms with Gasteiger partial charge in [0.25, 0.3) is 0 Å². The number of unbranched alkanes of at least 4 members (excludes halogenated alkanes) is 7. The molecule has 36 heavy (non-hydrogen) atoms. The molecule has 0 aliphatic carbocycles. The van der Waals surface area contributed by atoms with Crippen molar-refractivity contribution in [3.05, 3.63) is 24.3 Å². The number of rotatable bonds is 24. The summed E-state index contributed by atoms with van der Waals surface area (Å²) in [4.78, 5) is 33.5. The summed E-state index contributed by atoms with van der Waals surface area (Å²) in [5.41, 5.74) is 5.25. The third-order valence-electron chi connectivity index (χ3n) is 5.06. The van der Waals surface area contributed by atoms with E-state index in [2.05, 4.69) is 35.8 Å². The molecule has 9 nitrogen and oxygen atoms in total. The van der Waals surface area contributed by atoms with E-state index in [0.29, 0.717) is 12.8 Å². The highest BCUT2D eigenvalue weighted by molar-refractivity contribution is 7.47. The van der Waals surface area contributed by atoms with Crippen molar-refractivity contribution in [2.24, 2.45) is 5.73 Å². The lowest BCUT2D eigenvalue weighted by atomic mass is 10.1. The summed E-state index contributed by atoms with van der Waals surface area (Å²) in [6, 6.07) is 0. The number of allylic oxidation sites excluding steroid dienone is 4. The van der Waals surface area contributed by atoms with Crippen LogP contribution in [0.4, 0.5) is 0 Å². The van der Waals surface area contributed by atoms with Crippen LogP contribution in [0.3, 0.4) is 0 Å².